The summed E-state index contributed by atoms with van der Waals surface area (Å²) in [6.45, 7) is 5.45. The largest absolute Gasteiger partial charge is 0.326 e. The average Bonchev–Trinajstić information content (AvgIpc) is 2.10. The van der Waals surface area contributed by atoms with Gasteiger partial charge in [-0.15, -0.1) is 0 Å². The van der Waals surface area contributed by atoms with E-state index in [0.717, 1.165) is 6.54 Å². The molecule has 2 heteroatoms. The molecule has 0 radical (unpaired) electrons. The summed E-state index contributed by atoms with van der Waals surface area (Å²) in [6.07, 6.45) is 6.28. The van der Waals surface area contributed by atoms with Crippen molar-refractivity contribution in [3.05, 3.63) is 0 Å². The molecule has 1 aliphatic rings. The van der Waals surface area contributed by atoms with Gasteiger partial charge in [-0.05, 0) is 25.8 Å². The van der Waals surface area contributed by atoms with E-state index >= 15 is 0 Å². The Morgan fingerprint density at radius 1 is 1.42 bits per heavy atom. The number of hydrogen-bond acceptors (Lipinski definition) is 2. The second-order valence-electron chi connectivity index (χ2n) is 3.89. The monoisotopic (exact) mass is 170 g/mol. The minimum absolute atomic E-state index is 0.257. The third kappa shape index (κ3) is 1.80. The summed E-state index contributed by atoms with van der Waals surface area (Å²) < 4.78 is 0. The first kappa shape index (κ1) is 10.0. The Labute approximate surface area is 75.9 Å². The van der Waals surface area contributed by atoms with E-state index in [1.807, 2.05) is 0 Å². The lowest BCUT2D eigenvalue weighted by molar-refractivity contribution is 0.192. The highest BCUT2D eigenvalue weighted by Crippen LogP contribution is 2.29. The fourth-order valence-corrected chi connectivity index (χ4v) is 2.40. The van der Waals surface area contributed by atoms with Gasteiger partial charge in [-0.25, -0.2) is 0 Å². The molecule has 72 valence electrons. The summed E-state index contributed by atoms with van der Waals surface area (Å²) in [5.41, 5.74) is 6.40. The standard InChI is InChI=1S/C10H22N2/c1-3-10(12-4-2)8-6-5-7-9(10)11/h9,12H,3-8,11H2,1-2H3. The number of nitrogens with one attached hydrogen (secondary N) is 1. The molecule has 0 saturated heterocycles. The van der Waals surface area contributed by atoms with Crippen molar-refractivity contribution in [3.8, 4) is 0 Å². The van der Waals surface area contributed by atoms with Gasteiger partial charge in [0.05, 0.1) is 0 Å². The highest BCUT2D eigenvalue weighted by molar-refractivity contribution is 4.98. The van der Waals surface area contributed by atoms with Crippen LogP contribution in [0.25, 0.3) is 0 Å². The van der Waals surface area contributed by atoms with Crippen molar-refractivity contribution in [2.24, 2.45) is 5.73 Å². The molecule has 1 fully saturated rings. The van der Waals surface area contributed by atoms with Crippen LogP contribution in [-0.2, 0) is 0 Å². The van der Waals surface area contributed by atoms with Crippen molar-refractivity contribution in [2.45, 2.75) is 57.5 Å². The van der Waals surface area contributed by atoms with Crippen LogP contribution in [0, 0.1) is 0 Å². The van der Waals surface area contributed by atoms with Gasteiger partial charge in [0.15, 0.2) is 0 Å². The van der Waals surface area contributed by atoms with Crippen LogP contribution in [0.1, 0.15) is 46.0 Å². The Kier molecular flexibility index (Phi) is 3.53. The van der Waals surface area contributed by atoms with Gasteiger partial charge in [-0.3, -0.25) is 0 Å². The van der Waals surface area contributed by atoms with Crippen LogP contribution in [0.3, 0.4) is 0 Å². The molecule has 2 atom stereocenters. The zero-order valence-electron chi connectivity index (χ0n) is 8.40. The van der Waals surface area contributed by atoms with Gasteiger partial charge in [-0.1, -0.05) is 26.7 Å². The van der Waals surface area contributed by atoms with E-state index in [0.29, 0.717) is 6.04 Å². The molecule has 0 aromatic carbocycles. The van der Waals surface area contributed by atoms with E-state index in [4.69, 9.17) is 5.73 Å². The second kappa shape index (κ2) is 4.24. The topological polar surface area (TPSA) is 38.0 Å². The SMILES string of the molecule is CCNC1(CC)CCCCC1N. The third-order valence-electron chi connectivity index (χ3n) is 3.26. The van der Waals surface area contributed by atoms with Crippen LogP contribution in [0.15, 0.2) is 0 Å². The van der Waals surface area contributed by atoms with Crippen LogP contribution in [0.5, 0.6) is 0 Å². The Bertz CT molecular complexity index is 132. The lowest BCUT2D eigenvalue weighted by Gasteiger charge is -2.42. The molecule has 0 aromatic rings. The van der Waals surface area contributed by atoms with E-state index in [2.05, 4.69) is 19.2 Å². The molecule has 12 heavy (non-hydrogen) atoms. The smallest absolute Gasteiger partial charge is 0.0330 e. The maximum Gasteiger partial charge on any atom is 0.0330 e. The number of rotatable bonds is 3. The third-order valence-corrected chi connectivity index (χ3v) is 3.26. The summed E-state index contributed by atoms with van der Waals surface area (Å²) in [4.78, 5) is 0. The molecule has 0 heterocycles. The fourth-order valence-electron chi connectivity index (χ4n) is 2.40. The molecular formula is C10H22N2. The van der Waals surface area contributed by atoms with Crippen molar-refractivity contribution in [1.29, 1.82) is 0 Å². The Hall–Kier alpha value is -0.0800. The number of hydrogen-bond donors (Lipinski definition) is 2. The molecule has 0 bridgehead atoms. The van der Waals surface area contributed by atoms with Crippen molar-refractivity contribution in [2.75, 3.05) is 6.54 Å². The van der Waals surface area contributed by atoms with E-state index in [9.17, 15) is 0 Å². The number of likely N-dealkylation sites (N-methyl/N-ethyl adjacent to an activating group) is 1. The summed E-state index contributed by atoms with van der Waals surface area (Å²) >= 11 is 0. The average molecular weight is 170 g/mol. The number of nitrogens with two attached hydrogens (primary N) is 1. The van der Waals surface area contributed by atoms with Gasteiger partial charge in [0.25, 0.3) is 0 Å². The van der Waals surface area contributed by atoms with Crippen molar-refractivity contribution >= 4 is 0 Å². The molecule has 0 aromatic heterocycles. The molecule has 0 aliphatic heterocycles. The quantitative estimate of drug-likeness (QED) is 0.676. The molecule has 3 N–H and O–H groups in total. The van der Waals surface area contributed by atoms with Gasteiger partial charge in [0.1, 0.15) is 0 Å². The summed E-state index contributed by atoms with van der Waals surface area (Å²) in [5.74, 6) is 0. The molecule has 0 amide bonds. The first-order chi connectivity index (χ1) is 5.75. The van der Waals surface area contributed by atoms with Gasteiger partial charge >= 0.3 is 0 Å². The summed E-state index contributed by atoms with van der Waals surface area (Å²) in [5, 5.41) is 3.57. The maximum absolute atomic E-state index is 6.15. The van der Waals surface area contributed by atoms with Crippen molar-refractivity contribution in [3.63, 3.8) is 0 Å². The van der Waals surface area contributed by atoms with Gasteiger partial charge in [-0.2, -0.15) is 0 Å². The normalized spacial score (nSPS) is 36.8. The predicted octanol–water partition coefficient (Wildman–Crippen LogP) is 1.65. The molecular weight excluding hydrogens is 148 g/mol. The van der Waals surface area contributed by atoms with E-state index in [1.54, 1.807) is 0 Å². The summed E-state index contributed by atoms with van der Waals surface area (Å²) in [6, 6.07) is 0.371. The lowest BCUT2D eigenvalue weighted by Crippen LogP contribution is -2.59. The Morgan fingerprint density at radius 2 is 2.17 bits per heavy atom. The highest BCUT2D eigenvalue weighted by Gasteiger charge is 2.35. The minimum Gasteiger partial charge on any atom is -0.326 e. The second-order valence-corrected chi connectivity index (χ2v) is 3.89. The zero-order valence-corrected chi connectivity index (χ0v) is 8.40. The fraction of sp³-hybridized carbons (Fsp3) is 1.00. The van der Waals surface area contributed by atoms with Crippen LogP contribution < -0.4 is 11.1 Å². The minimum atomic E-state index is 0.257. The Balaban J connectivity index is 2.60. The van der Waals surface area contributed by atoms with E-state index < -0.39 is 0 Å². The van der Waals surface area contributed by atoms with E-state index in [1.165, 1.54) is 32.1 Å². The van der Waals surface area contributed by atoms with Crippen LogP contribution in [0.2, 0.25) is 0 Å². The Morgan fingerprint density at radius 3 is 2.67 bits per heavy atom. The van der Waals surface area contributed by atoms with Crippen molar-refractivity contribution < 1.29 is 0 Å². The van der Waals surface area contributed by atoms with Gasteiger partial charge in [0.2, 0.25) is 0 Å². The lowest BCUT2D eigenvalue weighted by atomic mass is 9.76. The van der Waals surface area contributed by atoms with Gasteiger partial charge in [0, 0.05) is 11.6 Å². The van der Waals surface area contributed by atoms with Gasteiger partial charge < -0.3 is 11.1 Å². The molecule has 1 saturated carbocycles. The van der Waals surface area contributed by atoms with Crippen LogP contribution in [-0.4, -0.2) is 18.1 Å². The van der Waals surface area contributed by atoms with Crippen LogP contribution >= 0.6 is 0 Å². The highest BCUT2D eigenvalue weighted by atomic mass is 15.0. The molecule has 2 nitrogen and oxygen atoms in total. The molecule has 1 rings (SSSR count). The zero-order chi connectivity index (χ0) is 9.03. The predicted molar refractivity (Wildman–Crippen MR) is 53.1 cm³/mol. The molecule has 0 spiro atoms. The molecule has 2 unspecified atom stereocenters. The van der Waals surface area contributed by atoms with E-state index in [-0.39, 0.29) is 5.54 Å². The molecule has 1 aliphatic carbocycles. The first-order valence-corrected chi connectivity index (χ1v) is 5.26. The van der Waals surface area contributed by atoms with Crippen LogP contribution in [0.4, 0.5) is 0 Å². The maximum atomic E-state index is 6.15. The van der Waals surface area contributed by atoms with Crippen molar-refractivity contribution in [1.82, 2.24) is 5.32 Å². The summed E-state index contributed by atoms with van der Waals surface area (Å²) in [7, 11) is 0. The first-order valence-electron chi connectivity index (χ1n) is 5.26.